The van der Waals surface area contributed by atoms with Gasteiger partial charge < -0.3 is 4.84 Å². The van der Waals surface area contributed by atoms with E-state index in [-0.39, 0.29) is 6.61 Å². The molecule has 0 heterocycles. The number of hydrogen-bond donors (Lipinski definition) is 1. The summed E-state index contributed by atoms with van der Waals surface area (Å²) in [5.41, 5.74) is 0. The van der Waals surface area contributed by atoms with E-state index in [1.54, 1.807) is 12.2 Å². The van der Waals surface area contributed by atoms with Crippen molar-refractivity contribution < 1.29 is 14.7 Å². The highest BCUT2D eigenvalue weighted by Crippen LogP contribution is 1.77. The van der Waals surface area contributed by atoms with E-state index in [1.165, 1.54) is 6.07 Å². The number of amidine groups is 1. The number of rotatable bonds is 2. The maximum atomic E-state index is 9.82. The van der Waals surface area contributed by atoms with Crippen LogP contribution in [0, 0.1) is 11.3 Å². The molecule has 11 heavy (non-hydrogen) atoms. The van der Waals surface area contributed by atoms with E-state index in [9.17, 15) is 9.90 Å². The second-order valence-corrected chi connectivity index (χ2v) is 1.38. The third kappa shape index (κ3) is 4.72. The topological polar surface area (TPSA) is 94.4 Å². The number of oxime groups is 1. The maximum Gasteiger partial charge on any atom is 0.456 e. The molecule has 0 aromatic carbocycles. The summed E-state index contributed by atoms with van der Waals surface area (Å²) in [4.78, 5) is 14.2. The highest BCUT2D eigenvalue weighted by molar-refractivity contribution is 6.04. The SMILES string of the molecule is CCO/N=C(/C#N)NC([O])=O. The van der Waals surface area contributed by atoms with Gasteiger partial charge in [0.1, 0.15) is 12.7 Å². The van der Waals surface area contributed by atoms with Crippen LogP contribution in [-0.4, -0.2) is 18.5 Å². The number of carbonyl (C=O) groups is 1. The molecule has 0 aromatic rings. The van der Waals surface area contributed by atoms with E-state index < -0.39 is 11.9 Å². The van der Waals surface area contributed by atoms with Crippen LogP contribution in [0.5, 0.6) is 0 Å². The third-order valence-corrected chi connectivity index (χ3v) is 0.611. The van der Waals surface area contributed by atoms with E-state index in [0.29, 0.717) is 0 Å². The molecule has 0 unspecified atom stereocenters. The first-order valence-electron chi connectivity index (χ1n) is 2.78. The van der Waals surface area contributed by atoms with Crippen LogP contribution in [-0.2, 0) is 9.94 Å². The predicted octanol–water partition coefficient (Wildman–Crippen LogP) is 0.0000800. The Morgan fingerprint density at radius 2 is 2.45 bits per heavy atom. The highest BCUT2D eigenvalue weighted by Gasteiger charge is 2.03. The molecule has 1 amide bonds. The van der Waals surface area contributed by atoms with Crippen molar-refractivity contribution in [3.63, 3.8) is 0 Å². The van der Waals surface area contributed by atoms with Crippen LogP contribution in [0.2, 0.25) is 0 Å². The zero-order valence-electron chi connectivity index (χ0n) is 5.83. The molecule has 1 N–H and O–H groups in total. The minimum atomic E-state index is -1.59. The lowest BCUT2D eigenvalue weighted by atomic mass is 10.6. The molecule has 0 saturated carbocycles. The number of nitrogens with zero attached hydrogens (tertiary/aromatic N) is 2. The van der Waals surface area contributed by atoms with Crippen molar-refractivity contribution in [2.75, 3.05) is 6.61 Å². The first-order valence-corrected chi connectivity index (χ1v) is 2.78. The van der Waals surface area contributed by atoms with Gasteiger partial charge in [0.15, 0.2) is 0 Å². The van der Waals surface area contributed by atoms with E-state index in [0.717, 1.165) is 0 Å². The van der Waals surface area contributed by atoms with Crippen LogP contribution in [0.3, 0.4) is 0 Å². The minimum absolute atomic E-state index is 0.264. The average molecular weight is 156 g/mol. The Bertz CT molecular complexity index is 206. The van der Waals surface area contributed by atoms with Crippen molar-refractivity contribution in [2.45, 2.75) is 6.92 Å². The fraction of sp³-hybridized carbons (Fsp3) is 0.400. The molecule has 0 spiro atoms. The summed E-state index contributed by atoms with van der Waals surface area (Å²) in [5, 5.41) is 22.8. The van der Waals surface area contributed by atoms with Gasteiger partial charge in [-0.1, -0.05) is 5.16 Å². The van der Waals surface area contributed by atoms with E-state index in [1.807, 2.05) is 0 Å². The Balaban J connectivity index is 3.97. The standard InChI is InChI=1S/C5H6N3O3/c1-2-11-8-4(3-6)7-5(9)10/h2H2,1H3,(H,7,8). The average Bonchev–Trinajstić information content (AvgIpc) is 1.97. The van der Waals surface area contributed by atoms with Crippen LogP contribution in [0.1, 0.15) is 6.92 Å². The van der Waals surface area contributed by atoms with E-state index in [2.05, 4.69) is 9.99 Å². The first-order chi connectivity index (χ1) is 5.20. The summed E-state index contributed by atoms with van der Waals surface area (Å²) >= 11 is 0. The summed E-state index contributed by atoms with van der Waals surface area (Å²) in [5.74, 6) is -0.438. The van der Waals surface area contributed by atoms with E-state index in [4.69, 9.17) is 5.26 Å². The quantitative estimate of drug-likeness (QED) is 0.346. The van der Waals surface area contributed by atoms with Crippen LogP contribution >= 0.6 is 0 Å². The number of hydrogen-bond acceptors (Lipinski definition) is 4. The molecular formula is C5H6N3O3. The van der Waals surface area contributed by atoms with Crippen molar-refractivity contribution in [3.05, 3.63) is 0 Å². The molecule has 0 saturated heterocycles. The van der Waals surface area contributed by atoms with E-state index >= 15 is 0 Å². The van der Waals surface area contributed by atoms with Crippen LogP contribution in [0.4, 0.5) is 4.79 Å². The summed E-state index contributed by atoms with van der Waals surface area (Å²) in [7, 11) is 0. The zero-order valence-corrected chi connectivity index (χ0v) is 5.83. The van der Waals surface area contributed by atoms with Gasteiger partial charge in [-0.3, -0.25) is 5.32 Å². The normalized spacial score (nSPS) is 10.0. The lowest BCUT2D eigenvalue weighted by Gasteiger charge is -1.93. The second-order valence-electron chi connectivity index (χ2n) is 1.38. The van der Waals surface area contributed by atoms with Crippen molar-refractivity contribution in [2.24, 2.45) is 5.16 Å². The van der Waals surface area contributed by atoms with Crippen molar-refractivity contribution in [1.82, 2.24) is 5.32 Å². The van der Waals surface area contributed by atoms with Gasteiger partial charge >= 0.3 is 6.09 Å². The van der Waals surface area contributed by atoms with Crippen molar-refractivity contribution >= 4 is 11.9 Å². The summed E-state index contributed by atoms with van der Waals surface area (Å²) in [6, 6.07) is 1.46. The molecule has 0 atom stereocenters. The van der Waals surface area contributed by atoms with Gasteiger partial charge in [-0.25, -0.2) is 9.90 Å². The van der Waals surface area contributed by atoms with Crippen molar-refractivity contribution in [3.8, 4) is 6.07 Å². The first kappa shape index (κ1) is 9.23. The fourth-order valence-corrected chi connectivity index (χ4v) is 0.297. The number of amides is 1. The largest absolute Gasteiger partial charge is 0.456 e. The molecule has 0 aliphatic carbocycles. The van der Waals surface area contributed by atoms with Crippen LogP contribution in [0.25, 0.3) is 0 Å². The van der Waals surface area contributed by atoms with Gasteiger partial charge in [-0.2, -0.15) is 5.26 Å². The number of nitriles is 1. The molecule has 0 aliphatic rings. The van der Waals surface area contributed by atoms with Gasteiger partial charge in [0.25, 0.3) is 5.84 Å². The lowest BCUT2D eigenvalue weighted by Crippen LogP contribution is -2.26. The summed E-state index contributed by atoms with van der Waals surface area (Å²) < 4.78 is 0. The minimum Gasteiger partial charge on any atom is -0.394 e. The molecular weight excluding hydrogens is 150 g/mol. The van der Waals surface area contributed by atoms with Crippen LogP contribution in [0.15, 0.2) is 5.16 Å². The maximum absolute atomic E-state index is 9.82. The van der Waals surface area contributed by atoms with Gasteiger partial charge in [-0.15, -0.1) is 0 Å². The molecule has 6 heteroatoms. The molecule has 0 fully saturated rings. The Kier molecular flexibility index (Phi) is 4.24. The van der Waals surface area contributed by atoms with Crippen LogP contribution < -0.4 is 5.32 Å². The molecule has 0 aliphatic heterocycles. The monoisotopic (exact) mass is 156 g/mol. The zero-order chi connectivity index (χ0) is 8.69. The number of carbonyl (C=O) groups excluding carboxylic acids is 1. The summed E-state index contributed by atoms with van der Waals surface area (Å²) in [6.45, 7) is 1.91. The fourth-order valence-electron chi connectivity index (χ4n) is 0.297. The Morgan fingerprint density at radius 1 is 1.82 bits per heavy atom. The van der Waals surface area contributed by atoms with Gasteiger partial charge in [0.05, 0.1) is 0 Å². The van der Waals surface area contributed by atoms with Gasteiger partial charge in [0.2, 0.25) is 0 Å². The Morgan fingerprint density at radius 3 is 2.82 bits per heavy atom. The molecule has 0 bridgehead atoms. The predicted molar refractivity (Wildman–Crippen MR) is 33.9 cm³/mol. The highest BCUT2D eigenvalue weighted by atomic mass is 16.6. The lowest BCUT2D eigenvalue weighted by molar-refractivity contribution is 0.155. The van der Waals surface area contributed by atoms with Gasteiger partial charge in [0, 0.05) is 0 Å². The Labute approximate surface area is 63.1 Å². The molecule has 0 rings (SSSR count). The third-order valence-electron chi connectivity index (χ3n) is 0.611. The van der Waals surface area contributed by atoms with Crippen molar-refractivity contribution in [1.29, 1.82) is 5.26 Å². The summed E-state index contributed by atoms with van der Waals surface area (Å²) in [6.07, 6.45) is -1.59. The second kappa shape index (κ2) is 5.05. The molecule has 6 nitrogen and oxygen atoms in total. The number of nitrogens with one attached hydrogen (secondary N) is 1. The molecule has 59 valence electrons. The van der Waals surface area contributed by atoms with Gasteiger partial charge in [-0.05, 0) is 6.92 Å². The Hall–Kier alpha value is -1.77. The smallest absolute Gasteiger partial charge is 0.394 e. The molecule has 0 aromatic heterocycles. The molecule has 1 radical (unpaired) electrons.